The van der Waals surface area contributed by atoms with Crippen LogP contribution in [0.5, 0.6) is 0 Å². The molecule has 26 heavy (non-hydrogen) atoms. The lowest BCUT2D eigenvalue weighted by molar-refractivity contribution is 0.312. The van der Waals surface area contributed by atoms with Crippen LogP contribution < -0.4 is 0 Å². The van der Waals surface area contributed by atoms with Crippen LogP contribution in [0.15, 0.2) is 47.4 Å². The third-order valence-corrected chi connectivity index (χ3v) is 6.15. The molecule has 1 aliphatic heterocycles. The number of aromatic nitrogens is 1. The lowest BCUT2D eigenvalue weighted by Crippen LogP contribution is -2.26. The second-order valence-corrected chi connectivity index (χ2v) is 8.22. The minimum absolute atomic E-state index is 1.04. The molecule has 2 aromatic carbocycles. The van der Waals surface area contributed by atoms with Crippen molar-refractivity contribution < 1.29 is 0 Å². The SMILES string of the molecule is CSc1ccc(C(C)=Cn2c3c(c4cc(C)ccc42)CN(C)CC3)cc1. The summed E-state index contributed by atoms with van der Waals surface area (Å²) < 4.78 is 2.44. The number of benzene rings is 2. The topological polar surface area (TPSA) is 8.17 Å². The van der Waals surface area contributed by atoms with Crippen LogP contribution in [-0.2, 0) is 13.0 Å². The summed E-state index contributed by atoms with van der Waals surface area (Å²) in [6.45, 7) is 6.56. The molecule has 0 unspecified atom stereocenters. The molecule has 2 heterocycles. The van der Waals surface area contributed by atoms with Crippen molar-refractivity contribution in [3.63, 3.8) is 0 Å². The highest BCUT2D eigenvalue weighted by molar-refractivity contribution is 7.98. The molecule has 0 saturated heterocycles. The molecule has 0 bridgehead atoms. The normalized spacial score (nSPS) is 15.5. The molecule has 1 aliphatic rings. The summed E-state index contributed by atoms with van der Waals surface area (Å²) in [6, 6.07) is 15.7. The van der Waals surface area contributed by atoms with Crippen LogP contribution in [0.25, 0.3) is 22.7 Å². The first kappa shape index (κ1) is 17.4. The Morgan fingerprint density at radius 2 is 1.88 bits per heavy atom. The van der Waals surface area contributed by atoms with Gasteiger partial charge in [-0.1, -0.05) is 23.8 Å². The predicted molar refractivity (Wildman–Crippen MR) is 115 cm³/mol. The van der Waals surface area contributed by atoms with Gasteiger partial charge in [-0.2, -0.15) is 0 Å². The zero-order valence-corrected chi connectivity index (χ0v) is 16.9. The zero-order valence-electron chi connectivity index (χ0n) is 16.0. The fraction of sp³-hybridized carbons (Fsp3) is 0.304. The van der Waals surface area contributed by atoms with E-state index in [1.54, 1.807) is 11.8 Å². The molecule has 134 valence electrons. The standard InChI is InChI=1S/C23H26N2S/c1-16-5-10-22-20(13-16)21-15-24(3)12-11-23(21)25(22)14-17(2)18-6-8-19(26-4)9-7-18/h5-10,13-14H,11-12,15H2,1-4H3. The number of rotatable bonds is 3. The van der Waals surface area contributed by atoms with Crippen molar-refractivity contribution in [3.05, 3.63) is 64.8 Å². The predicted octanol–water partition coefficient (Wildman–Crippen LogP) is 5.68. The molecule has 0 radical (unpaired) electrons. The first-order valence-corrected chi connectivity index (χ1v) is 10.4. The van der Waals surface area contributed by atoms with Crippen molar-refractivity contribution in [2.75, 3.05) is 19.8 Å². The van der Waals surface area contributed by atoms with Crippen LogP contribution in [0.2, 0.25) is 0 Å². The number of hydrogen-bond donors (Lipinski definition) is 0. The first-order chi connectivity index (χ1) is 12.6. The number of nitrogens with zero attached hydrogens (tertiary/aromatic N) is 2. The number of thioether (sulfide) groups is 1. The molecular weight excluding hydrogens is 336 g/mol. The van der Waals surface area contributed by atoms with Gasteiger partial charge >= 0.3 is 0 Å². The fourth-order valence-electron chi connectivity index (χ4n) is 3.91. The fourth-order valence-corrected chi connectivity index (χ4v) is 4.32. The number of fused-ring (bicyclic) bond motifs is 3. The minimum atomic E-state index is 1.04. The van der Waals surface area contributed by atoms with Crippen LogP contribution in [0, 0.1) is 6.92 Å². The Hall–Kier alpha value is -1.97. The van der Waals surface area contributed by atoms with Crippen molar-refractivity contribution in [2.24, 2.45) is 0 Å². The Morgan fingerprint density at radius 3 is 2.62 bits per heavy atom. The maximum absolute atomic E-state index is 2.44. The second kappa shape index (κ2) is 6.98. The van der Waals surface area contributed by atoms with Crippen molar-refractivity contribution in [2.45, 2.75) is 31.7 Å². The van der Waals surface area contributed by atoms with E-state index >= 15 is 0 Å². The van der Waals surface area contributed by atoms with Gasteiger partial charge < -0.3 is 9.47 Å². The van der Waals surface area contributed by atoms with Gasteiger partial charge in [0, 0.05) is 41.7 Å². The summed E-state index contributed by atoms with van der Waals surface area (Å²) in [5.74, 6) is 0. The summed E-state index contributed by atoms with van der Waals surface area (Å²) >= 11 is 1.79. The van der Waals surface area contributed by atoms with Gasteiger partial charge in [-0.15, -0.1) is 11.8 Å². The minimum Gasteiger partial charge on any atom is -0.320 e. The van der Waals surface area contributed by atoms with Crippen LogP contribution in [0.3, 0.4) is 0 Å². The summed E-state index contributed by atoms with van der Waals surface area (Å²) in [5.41, 5.74) is 8.23. The van der Waals surface area contributed by atoms with E-state index in [9.17, 15) is 0 Å². The van der Waals surface area contributed by atoms with Crippen LogP contribution in [-0.4, -0.2) is 29.3 Å². The third kappa shape index (κ3) is 3.10. The van der Waals surface area contributed by atoms with E-state index in [1.165, 1.54) is 43.8 Å². The lowest BCUT2D eigenvalue weighted by atomic mass is 10.0. The molecular formula is C23H26N2S. The highest BCUT2D eigenvalue weighted by atomic mass is 32.2. The Bertz CT molecular complexity index is 980. The average molecular weight is 363 g/mol. The highest BCUT2D eigenvalue weighted by Gasteiger charge is 2.21. The quantitative estimate of drug-likeness (QED) is 0.554. The van der Waals surface area contributed by atoms with Crippen molar-refractivity contribution in [3.8, 4) is 0 Å². The lowest BCUT2D eigenvalue weighted by Gasteiger charge is -2.23. The van der Waals surface area contributed by atoms with Gasteiger partial charge in [-0.3, -0.25) is 0 Å². The van der Waals surface area contributed by atoms with E-state index in [2.05, 4.69) is 85.3 Å². The molecule has 0 spiro atoms. The zero-order chi connectivity index (χ0) is 18.3. The number of hydrogen-bond acceptors (Lipinski definition) is 2. The summed E-state index contributed by atoms with van der Waals surface area (Å²) in [6.07, 6.45) is 5.56. The molecule has 0 atom stereocenters. The molecule has 0 N–H and O–H groups in total. The van der Waals surface area contributed by atoms with E-state index in [1.807, 2.05) is 0 Å². The smallest absolute Gasteiger partial charge is 0.0529 e. The van der Waals surface area contributed by atoms with Crippen LogP contribution >= 0.6 is 11.8 Å². The Kier molecular flexibility index (Phi) is 4.68. The molecule has 0 saturated carbocycles. The number of likely N-dealkylation sites (N-methyl/N-ethyl adjacent to an activating group) is 1. The Labute approximate surface area is 160 Å². The highest BCUT2D eigenvalue weighted by Crippen LogP contribution is 2.32. The van der Waals surface area contributed by atoms with Gasteiger partial charge in [0.25, 0.3) is 0 Å². The summed E-state index contributed by atoms with van der Waals surface area (Å²) in [4.78, 5) is 3.73. The molecule has 2 nitrogen and oxygen atoms in total. The monoisotopic (exact) mass is 362 g/mol. The van der Waals surface area contributed by atoms with E-state index < -0.39 is 0 Å². The molecule has 0 amide bonds. The maximum Gasteiger partial charge on any atom is 0.0529 e. The van der Waals surface area contributed by atoms with Crippen molar-refractivity contribution >= 4 is 34.4 Å². The van der Waals surface area contributed by atoms with Crippen molar-refractivity contribution in [1.29, 1.82) is 0 Å². The van der Waals surface area contributed by atoms with Gasteiger partial charge in [0.1, 0.15) is 0 Å². The van der Waals surface area contributed by atoms with E-state index in [0.29, 0.717) is 0 Å². The maximum atomic E-state index is 2.44. The molecule has 0 aliphatic carbocycles. The van der Waals surface area contributed by atoms with Gasteiger partial charge in [-0.25, -0.2) is 0 Å². The van der Waals surface area contributed by atoms with Crippen LogP contribution in [0.4, 0.5) is 0 Å². The van der Waals surface area contributed by atoms with Gasteiger partial charge in [0.2, 0.25) is 0 Å². The molecule has 3 aromatic rings. The van der Waals surface area contributed by atoms with E-state index in [-0.39, 0.29) is 0 Å². The number of allylic oxidation sites excluding steroid dienone is 1. The van der Waals surface area contributed by atoms with Gasteiger partial charge in [0.05, 0.1) is 5.52 Å². The average Bonchev–Trinajstić information content (AvgIpc) is 2.94. The van der Waals surface area contributed by atoms with Gasteiger partial charge in [-0.05, 0) is 68.1 Å². The van der Waals surface area contributed by atoms with Gasteiger partial charge in [0.15, 0.2) is 0 Å². The van der Waals surface area contributed by atoms with Crippen molar-refractivity contribution in [1.82, 2.24) is 9.47 Å². The first-order valence-electron chi connectivity index (χ1n) is 9.20. The molecule has 3 heteroatoms. The molecule has 4 rings (SSSR count). The number of aryl methyl sites for hydroxylation is 1. The Morgan fingerprint density at radius 1 is 1.12 bits per heavy atom. The van der Waals surface area contributed by atoms with E-state index in [0.717, 1.165) is 19.5 Å². The summed E-state index contributed by atoms with van der Waals surface area (Å²) in [7, 11) is 2.22. The molecule has 0 fully saturated rings. The largest absolute Gasteiger partial charge is 0.320 e. The third-order valence-electron chi connectivity index (χ3n) is 5.40. The Balaban J connectivity index is 1.85. The van der Waals surface area contributed by atoms with Crippen LogP contribution in [0.1, 0.15) is 29.3 Å². The second-order valence-electron chi connectivity index (χ2n) is 7.34. The van der Waals surface area contributed by atoms with E-state index in [4.69, 9.17) is 0 Å². The molecule has 1 aromatic heterocycles. The summed E-state index contributed by atoms with van der Waals surface area (Å²) in [5, 5.41) is 1.41.